The summed E-state index contributed by atoms with van der Waals surface area (Å²) in [7, 11) is 0. The standard InChI is InChI=1S/C14H21ClN2/c1-10(16)8-12-5-6-14(13(15)9-12)17-7-3-4-11(17)2/h5-6,9-11H,3-4,7-8,16H2,1-2H3. The van der Waals surface area contributed by atoms with Gasteiger partial charge < -0.3 is 10.6 Å². The lowest BCUT2D eigenvalue weighted by atomic mass is 10.1. The van der Waals surface area contributed by atoms with E-state index in [1.54, 1.807) is 0 Å². The molecule has 2 rings (SSSR count). The van der Waals surface area contributed by atoms with Crippen molar-refractivity contribution >= 4 is 17.3 Å². The maximum Gasteiger partial charge on any atom is 0.0642 e. The Morgan fingerprint density at radius 1 is 1.53 bits per heavy atom. The normalized spacial score (nSPS) is 21.9. The molecule has 0 saturated carbocycles. The van der Waals surface area contributed by atoms with Crippen molar-refractivity contribution in [2.24, 2.45) is 5.73 Å². The molecule has 1 aliphatic rings. The first kappa shape index (κ1) is 12.7. The van der Waals surface area contributed by atoms with Gasteiger partial charge in [0.1, 0.15) is 0 Å². The highest BCUT2D eigenvalue weighted by atomic mass is 35.5. The third-order valence-electron chi connectivity index (χ3n) is 3.43. The lowest BCUT2D eigenvalue weighted by Gasteiger charge is -2.25. The second-order valence-electron chi connectivity index (χ2n) is 5.15. The van der Waals surface area contributed by atoms with E-state index < -0.39 is 0 Å². The van der Waals surface area contributed by atoms with E-state index >= 15 is 0 Å². The SMILES string of the molecule is CC(N)Cc1ccc(N2CCCC2C)c(Cl)c1. The highest BCUT2D eigenvalue weighted by Crippen LogP contribution is 2.32. The second-order valence-corrected chi connectivity index (χ2v) is 5.56. The Balaban J connectivity index is 2.19. The van der Waals surface area contributed by atoms with Gasteiger partial charge in [0.15, 0.2) is 0 Å². The lowest BCUT2D eigenvalue weighted by molar-refractivity contribution is 0.730. The molecule has 1 fully saturated rings. The van der Waals surface area contributed by atoms with E-state index in [2.05, 4.69) is 30.0 Å². The summed E-state index contributed by atoms with van der Waals surface area (Å²) < 4.78 is 0. The summed E-state index contributed by atoms with van der Waals surface area (Å²) in [5.74, 6) is 0. The summed E-state index contributed by atoms with van der Waals surface area (Å²) >= 11 is 6.38. The maximum atomic E-state index is 6.38. The van der Waals surface area contributed by atoms with Crippen molar-refractivity contribution in [1.29, 1.82) is 0 Å². The van der Waals surface area contributed by atoms with Crippen LogP contribution in [-0.4, -0.2) is 18.6 Å². The van der Waals surface area contributed by atoms with E-state index in [-0.39, 0.29) is 6.04 Å². The Kier molecular flexibility index (Phi) is 3.95. The van der Waals surface area contributed by atoms with Gasteiger partial charge in [-0.25, -0.2) is 0 Å². The Bertz CT molecular complexity index is 390. The zero-order chi connectivity index (χ0) is 12.4. The molecule has 0 spiro atoms. The molecule has 2 nitrogen and oxygen atoms in total. The van der Waals surface area contributed by atoms with Gasteiger partial charge in [0.25, 0.3) is 0 Å². The molecule has 2 N–H and O–H groups in total. The summed E-state index contributed by atoms with van der Waals surface area (Å²) in [6.07, 6.45) is 3.41. The van der Waals surface area contributed by atoms with E-state index in [9.17, 15) is 0 Å². The summed E-state index contributed by atoms with van der Waals surface area (Å²) in [5.41, 5.74) is 8.20. The molecule has 17 heavy (non-hydrogen) atoms. The van der Waals surface area contributed by atoms with Crippen LogP contribution in [-0.2, 0) is 6.42 Å². The van der Waals surface area contributed by atoms with Crippen LogP contribution in [0.2, 0.25) is 5.02 Å². The fourth-order valence-electron chi connectivity index (χ4n) is 2.57. The fourth-order valence-corrected chi connectivity index (χ4v) is 2.88. The summed E-state index contributed by atoms with van der Waals surface area (Å²) in [5, 5.41) is 0.858. The minimum atomic E-state index is 0.183. The van der Waals surface area contributed by atoms with Crippen molar-refractivity contribution in [3.8, 4) is 0 Å². The molecule has 1 aromatic carbocycles. The number of hydrogen-bond acceptors (Lipinski definition) is 2. The van der Waals surface area contributed by atoms with E-state index in [0.29, 0.717) is 6.04 Å². The van der Waals surface area contributed by atoms with Gasteiger partial charge >= 0.3 is 0 Å². The molecule has 0 aromatic heterocycles. The van der Waals surface area contributed by atoms with E-state index in [4.69, 9.17) is 17.3 Å². The van der Waals surface area contributed by atoms with Gasteiger partial charge in [-0.3, -0.25) is 0 Å². The summed E-state index contributed by atoms with van der Waals surface area (Å²) in [6.45, 7) is 5.40. The van der Waals surface area contributed by atoms with E-state index in [1.807, 2.05) is 6.92 Å². The average molecular weight is 253 g/mol. The van der Waals surface area contributed by atoms with Crippen molar-refractivity contribution in [1.82, 2.24) is 0 Å². The quantitative estimate of drug-likeness (QED) is 0.895. The number of nitrogens with zero attached hydrogens (tertiary/aromatic N) is 1. The molecule has 1 aliphatic heterocycles. The molecule has 0 aliphatic carbocycles. The van der Waals surface area contributed by atoms with E-state index in [0.717, 1.165) is 18.0 Å². The Labute approximate surface area is 109 Å². The monoisotopic (exact) mass is 252 g/mol. The van der Waals surface area contributed by atoms with Crippen molar-refractivity contribution in [3.63, 3.8) is 0 Å². The van der Waals surface area contributed by atoms with Gasteiger partial charge in [-0.2, -0.15) is 0 Å². The van der Waals surface area contributed by atoms with Crippen molar-refractivity contribution < 1.29 is 0 Å². The molecule has 1 heterocycles. The van der Waals surface area contributed by atoms with Crippen LogP contribution in [0.4, 0.5) is 5.69 Å². The Hall–Kier alpha value is -0.730. The van der Waals surface area contributed by atoms with Crippen molar-refractivity contribution in [3.05, 3.63) is 28.8 Å². The maximum absolute atomic E-state index is 6.38. The average Bonchev–Trinajstić information content (AvgIpc) is 2.64. The van der Waals surface area contributed by atoms with Crippen LogP contribution >= 0.6 is 11.6 Å². The predicted molar refractivity (Wildman–Crippen MR) is 74.8 cm³/mol. The first-order valence-corrected chi connectivity index (χ1v) is 6.76. The predicted octanol–water partition coefficient (Wildman–Crippen LogP) is 3.22. The first-order chi connectivity index (χ1) is 8.08. The third kappa shape index (κ3) is 2.93. The summed E-state index contributed by atoms with van der Waals surface area (Å²) in [6, 6.07) is 7.14. The minimum absolute atomic E-state index is 0.183. The van der Waals surface area contributed by atoms with Crippen LogP contribution in [0.15, 0.2) is 18.2 Å². The Morgan fingerprint density at radius 2 is 2.29 bits per heavy atom. The molecule has 2 atom stereocenters. The topological polar surface area (TPSA) is 29.3 Å². The van der Waals surface area contributed by atoms with E-state index in [1.165, 1.54) is 24.1 Å². The zero-order valence-corrected chi connectivity index (χ0v) is 11.4. The molecule has 1 saturated heterocycles. The molecule has 94 valence electrons. The number of anilines is 1. The molecule has 1 aromatic rings. The van der Waals surface area contributed by atoms with Crippen LogP contribution in [0.5, 0.6) is 0 Å². The largest absolute Gasteiger partial charge is 0.368 e. The van der Waals surface area contributed by atoms with Crippen LogP contribution in [0.1, 0.15) is 32.3 Å². The van der Waals surface area contributed by atoms with Crippen LogP contribution < -0.4 is 10.6 Å². The van der Waals surface area contributed by atoms with Gasteiger partial charge in [-0.05, 0) is 50.8 Å². The van der Waals surface area contributed by atoms with Gasteiger partial charge in [0.05, 0.1) is 10.7 Å². The van der Waals surface area contributed by atoms with Gasteiger partial charge in [-0.1, -0.05) is 17.7 Å². The lowest BCUT2D eigenvalue weighted by Crippen LogP contribution is -2.26. The molecule has 0 bridgehead atoms. The van der Waals surface area contributed by atoms with Crippen molar-refractivity contribution in [2.45, 2.75) is 45.2 Å². The molecule has 0 radical (unpaired) electrons. The smallest absolute Gasteiger partial charge is 0.0642 e. The summed E-state index contributed by atoms with van der Waals surface area (Å²) in [4.78, 5) is 2.40. The number of hydrogen-bond donors (Lipinski definition) is 1. The fraction of sp³-hybridized carbons (Fsp3) is 0.571. The van der Waals surface area contributed by atoms with Gasteiger partial charge in [-0.15, -0.1) is 0 Å². The number of nitrogens with two attached hydrogens (primary N) is 1. The highest BCUT2D eigenvalue weighted by Gasteiger charge is 2.22. The number of rotatable bonds is 3. The van der Waals surface area contributed by atoms with Crippen LogP contribution in [0, 0.1) is 0 Å². The zero-order valence-electron chi connectivity index (χ0n) is 10.6. The minimum Gasteiger partial charge on any atom is -0.368 e. The first-order valence-electron chi connectivity index (χ1n) is 6.38. The van der Waals surface area contributed by atoms with Crippen molar-refractivity contribution in [2.75, 3.05) is 11.4 Å². The van der Waals surface area contributed by atoms with Gasteiger partial charge in [0.2, 0.25) is 0 Å². The molecule has 2 unspecified atom stereocenters. The van der Waals surface area contributed by atoms with Crippen LogP contribution in [0.25, 0.3) is 0 Å². The Morgan fingerprint density at radius 3 is 2.82 bits per heavy atom. The molecule has 0 amide bonds. The molecular formula is C14H21ClN2. The molecular weight excluding hydrogens is 232 g/mol. The number of benzene rings is 1. The van der Waals surface area contributed by atoms with Gasteiger partial charge in [0, 0.05) is 18.6 Å². The third-order valence-corrected chi connectivity index (χ3v) is 3.73. The number of halogens is 1. The van der Waals surface area contributed by atoms with Crippen LogP contribution in [0.3, 0.4) is 0 Å². The highest BCUT2D eigenvalue weighted by molar-refractivity contribution is 6.33. The second kappa shape index (κ2) is 5.28. The molecule has 3 heteroatoms.